The minimum Gasteiger partial charge on any atom is -0.494 e. The minimum atomic E-state index is 0.0939. The molecule has 0 unspecified atom stereocenters. The molecule has 0 bridgehead atoms. The molecule has 6 rings (SSSR count). The van der Waals surface area contributed by atoms with Crippen LogP contribution in [0, 0.1) is 6.92 Å². The largest absolute Gasteiger partial charge is 0.494 e. The Morgan fingerprint density at radius 1 is 1.10 bits per heavy atom. The molecule has 2 aliphatic heterocycles. The van der Waals surface area contributed by atoms with E-state index in [-0.39, 0.29) is 5.88 Å². The van der Waals surface area contributed by atoms with Crippen LogP contribution in [0.5, 0.6) is 11.8 Å². The van der Waals surface area contributed by atoms with Gasteiger partial charge in [0.2, 0.25) is 5.88 Å². The molecule has 2 aromatic heterocycles. The highest BCUT2D eigenvalue weighted by atomic mass is 16.5. The van der Waals surface area contributed by atoms with E-state index in [0.717, 1.165) is 50.5 Å². The van der Waals surface area contributed by atoms with E-state index in [4.69, 9.17) is 4.74 Å². The maximum atomic E-state index is 10.6. The summed E-state index contributed by atoms with van der Waals surface area (Å²) in [6.07, 6.45) is 3.65. The first-order chi connectivity index (χ1) is 15.2. The highest BCUT2D eigenvalue weighted by Gasteiger charge is 2.18. The number of hydrogen-bond acceptors (Lipinski definition) is 6. The van der Waals surface area contributed by atoms with Gasteiger partial charge < -0.3 is 20.1 Å². The number of nitrogens with one attached hydrogen (secondary N) is 2. The summed E-state index contributed by atoms with van der Waals surface area (Å²) in [6.45, 7) is 3.44. The van der Waals surface area contributed by atoms with Crippen LogP contribution in [0.4, 0.5) is 5.69 Å². The lowest BCUT2D eigenvalue weighted by Crippen LogP contribution is -2.20. The molecule has 7 nitrogen and oxygen atoms in total. The highest BCUT2D eigenvalue weighted by Crippen LogP contribution is 2.38. The van der Waals surface area contributed by atoms with Crippen LogP contribution in [0.25, 0.3) is 28.1 Å². The van der Waals surface area contributed by atoms with Crippen molar-refractivity contribution in [2.24, 2.45) is 9.98 Å². The number of para-hydroxylation sites is 2. The van der Waals surface area contributed by atoms with E-state index in [1.165, 1.54) is 0 Å². The summed E-state index contributed by atoms with van der Waals surface area (Å²) >= 11 is 0. The number of nitrogens with zero attached hydrogens (tertiary/aromatic N) is 3. The predicted molar refractivity (Wildman–Crippen MR) is 119 cm³/mol. The fourth-order valence-electron chi connectivity index (χ4n) is 4.14. The summed E-state index contributed by atoms with van der Waals surface area (Å²) in [5, 5.41) is 16.5. The third kappa shape index (κ3) is 2.85. The van der Waals surface area contributed by atoms with E-state index in [1.807, 2.05) is 48.7 Å². The average Bonchev–Trinajstić information content (AvgIpc) is 3.34. The highest BCUT2D eigenvalue weighted by molar-refractivity contribution is 5.95. The third-order valence-electron chi connectivity index (χ3n) is 5.70. The molecule has 3 N–H and O–H groups in total. The molecule has 2 aliphatic rings. The van der Waals surface area contributed by atoms with E-state index in [9.17, 15) is 5.11 Å². The van der Waals surface area contributed by atoms with Gasteiger partial charge in [-0.2, -0.15) is 0 Å². The number of aromatic hydroxyl groups is 1. The van der Waals surface area contributed by atoms with Crippen LogP contribution in [0.2, 0.25) is 0 Å². The molecular formula is C24H19N5O2. The second-order valence-electron chi connectivity index (χ2n) is 7.61. The second-order valence-corrected chi connectivity index (χ2v) is 7.61. The Kier molecular flexibility index (Phi) is 3.83. The summed E-state index contributed by atoms with van der Waals surface area (Å²) in [6, 6.07) is 13.8. The van der Waals surface area contributed by atoms with Gasteiger partial charge in [-0.15, -0.1) is 0 Å². The lowest BCUT2D eigenvalue weighted by molar-refractivity contribution is 0.310. The number of aromatic amines is 1. The van der Waals surface area contributed by atoms with E-state index in [2.05, 4.69) is 38.3 Å². The lowest BCUT2D eigenvalue weighted by atomic mass is 9.99. The van der Waals surface area contributed by atoms with Crippen LogP contribution in [-0.4, -0.2) is 28.2 Å². The summed E-state index contributed by atoms with van der Waals surface area (Å²) in [5.41, 5.74) is 5.55. The van der Waals surface area contributed by atoms with Gasteiger partial charge in [-0.3, -0.25) is 0 Å². The molecule has 7 heteroatoms. The Morgan fingerprint density at radius 2 is 1.90 bits per heavy atom. The van der Waals surface area contributed by atoms with Gasteiger partial charge in [-0.25, -0.2) is 15.0 Å². The molecule has 0 saturated carbocycles. The number of rotatable bonds is 2. The number of benzene rings is 2. The van der Waals surface area contributed by atoms with Crippen molar-refractivity contribution in [1.82, 2.24) is 9.97 Å². The van der Waals surface area contributed by atoms with Crippen LogP contribution in [0.3, 0.4) is 0 Å². The molecule has 2 aromatic carbocycles. The van der Waals surface area contributed by atoms with Gasteiger partial charge in [0.25, 0.3) is 0 Å². The van der Waals surface area contributed by atoms with Gasteiger partial charge in [-0.1, -0.05) is 18.2 Å². The number of H-pyrrole nitrogens is 1. The van der Waals surface area contributed by atoms with Crippen molar-refractivity contribution in [1.29, 1.82) is 0 Å². The molecule has 0 aliphatic carbocycles. The molecule has 0 fully saturated rings. The molecule has 0 amide bonds. The van der Waals surface area contributed by atoms with Crippen molar-refractivity contribution in [3.63, 3.8) is 0 Å². The number of fused-ring (bicyclic) bond motifs is 3. The smallest absolute Gasteiger partial charge is 0.237 e. The first kappa shape index (κ1) is 17.7. The van der Waals surface area contributed by atoms with Crippen LogP contribution in [0.1, 0.15) is 11.1 Å². The van der Waals surface area contributed by atoms with Gasteiger partial charge in [0.1, 0.15) is 12.3 Å². The average molecular weight is 409 g/mol. The van der Waals surface area contributed by atoms with Gasteiger partial charge in [-0.05, 0) is 48.4 Å². The van der Waals surface area contributed by atoms with E-state index in [0.29, 0.717) is 23.9 Å². The Bertz CT molecular complexity index is 1480. The van der Waals surface area contributed by atoms with E-state index < -0.39 is 0 Å². The second kappa shape index (κ2) is 6.70. The van der Waals surface area contributed by atoms with E-state index >= 15 is 0 Å². The molecule has 31 heavy (non-hydrogen) atoms. The van der Waals surface area contributed by atoms with Crippen molar-refractivity contribution < 1.29 is 9.84 Å². The molecular weight excluding hydrogens is 390 g/mol. The van der Waals surface area contributed by atoms with Gasteiger partial charge in [0.05, 0.1) is 10.7 Å². The first-order valence-corrected chi connectivity index (χ1v) is 10.1. The fraction of sp³-hybridized carbons (Fsp3) is 0.125. The zero-order valence-corrected chi connectivity index (χ0v) is 16.8. The minimum absolute atomic E-state index is 0.0939. The maximum Gasteiger partial charge on any atom is 0.237 e. The Morgan fingerprint density at radius 3 is 2.71 bits per heavy atom. The normalized spacial score (nSPS) is 14.2. The van der Waals surface area contributed by atoms with Crippen LogP contribution < -0.4 is 20.8 Å². The monoisotopic (exact) mass is 409 g/mol. The van der Waals surface area contributed by atoms with Crippen LogP contribution >= 0.6 is 0 Å². The quantitative estimate of drug-likeness (QED) is 0.473. The fourth-order valence-corrected chi connectivity index (χ4v) is 4.14. The van der Waals surface area contributed by atoms with Crippen molar-refractivity contribution in [2.45, 2.75) is 6.92 Å². The standard InChI is InChI=1S/C24H19N5O2/c1-13-17(12-26-24-22(13)25-8-9-31-24)14-6-7-18-15(10-14)16(23(30)29-18)11-21-27-19-4-2-3-5-20(19)28-21/h2-7,10-12,25,29-30H,8-9H2,1H3. The molecule has 0 radical (unpaired) electrons. The Labute approximate surface area is 177 Å². The molecule has 4 aromatic rings. The van der Waals surface area contributed by atoms with E-state index in [1.54, 1.807) is 0 Å². The van der Waals surface area contributed by atoms with Crippen molar-refractivity contribution in [2.75, 3.05) is 18.5 Å². The lowest BCUT2D eigenvalue weighted by Gasteiger charge is -2.21. The summed E-state index contributed by atoms with van der Waals surface area (Å²) in [7, 11) is 0. The SMILES string of the molecule is Cc1c(-c2ccc3[nH]c(O)c(C=C4N=c5ccccc5=N4)c3c2)cnc2c1NCCO2. The predicted octanol–water partition coefficient (Wildman–Crippen LogP) is 3.30. The van der Waals surface area contributed by atoms with Gasteiger partial charge in [0.15, 0.2) is 11.7 Å². The number of aromatic nitrogens is 2. The maximum absolute atomic E-state index is 10.6. The molecule has 0 spiro atoms. The van der Waals surface area contributed by atoms with Crippen LogP contribution in [0.15, 0.2) is 64.5 Å². The topological polar surface area (TPSA) is 94.9 Å². The van der Waals surface area contributed by atoms with Crippen molar-refractivity contribution in [3.8, 4) is 22.9 Å². The first-order valence-electron chi connectivity index (χ1n) is 10.1. The molecule has 0 atom stereocenters. The molecule has 0 saturated heterocycles. The number of pyridine rings is 1. The number of anilines is 1. The summed E-state index contributed by atoms with van der Waals surface area (Å²) in [4.78, 5) is 16.6. The Hall–Kier alpha value is -4.13. The summed E-state index contributed by atoms with van der Waals surface area (Å²) in [5.74, 6) is 1.30. The molecule has 152 valence electrons. The van der Waals surface area contributed by atoms with Crippen molar-refractivity contribution >= 4 is 22.7 Å². The third-order valence-corrected chi connectivity index (χ3v) is 5.70. The van der Waals surface area contributed by atoms with Gasteiger partial charge >= 0.3 is 0 Å². The molecule has 4 heterocycles. The van der Waals surface area contributed by atoms with Crippen molar-refractivity contribution in [3.05, 3.63) is 76.3 Å². The number of hydrogen-bond donors (Lipinski definition) is 3. The van der Waals surface area contributed by atoms with Gasteiger partial charge in [0, 0.05) is 34.8 Å². The zero-order valence-electron chi connectivity index (χ0n) is 16.8. The number of ether oxygens (including phenoxy) is 1. The zero-order chi connectivity index (χ0) is 20.9. The Balaban J connectivity index is 1.49. The van der Waals surface area contributed by atoms with Crippen LogP contribution in [-0.2, 0) is 0 Å². The summed E-state index contributed by atoms with van der Waals surface area (Å²) < 4.78 is 5.65.